The lowest BCUT2D eigenvalue weighted by molar-refractivity contribution is -0.148. The largest absolute Gasteiger partial charge is 0.449 e. The minimum absolute atomic E-state index is 0.127. The zero-order chi connectivity index (χ0) is 29.5. The van der Waals surface area contributed by atoms with Gasteiger partial charge in [0.15, 0.2) is 15.5 Å². The number of rotatable bonds is 5. The maximum absolute atomic E-state index is 14.2. The molecule has 14 heteroatoms. The van der Waals surface area contributed by atoms with Gasteiger partial charge < -0.3 is 19.9 Å². The minimum Gasteiger partial charge on any atom is -0.444 e. The molecule has 0 bridgehead atoms. The first-order valence-electron chi connectivity index (χ1n) is 13.4. The van der Waals surface area contributed by atoms with E-state index in [0.29, 0.717) is 30.5 Å². The Bertz CT molecular complexity index is 1500. The number of amides is 2. The van der Waals surface area contributed by atoms with Crippen LogP contribution in [0, 0.1) is 0 Å². The monoisotopic (exact) mass is 592 g/mol. The van der Waals surface area contributed by atoms with Gasteiger partial charge in [-0.05, 0) is 45.6 Å². The third kappa shape index (κ3) is 6.16. The molecule has 2 saturated heterocycles. The molecule has 2 aliphatic rings. The van der Waals surface area contributed by atoms with E-state index in [4.69, 9.17) is 4.74 Å². The maximum atomic E-state index is 14.2. The lowest BCUT2D eigenvalue weighted by Crippen LogP contribution is -2.43. The van der Waals surface area contributed by atoms with E-state index < -0.39 is 41.3 Å². The van der Waals surface area contributed by atoms with E-state index in [-0.39, 0.29) is 40.9 Å². The number of thiazole rings is 1. The Labute approximate surface area is 238 Å². The van der Waals surface area contributed by atoms with Crippen molar-refractivity contribution in [1.29, 1.82) is 0 Å². The number of nitrogens with zero attached hydrogens (tertiary/aromatic N) is 5. The van der Waals surface area contributed by atoms with Crippen molar-refractivity contribution in [3.63, 3.8) is 0 Å². The predicted octanol–water partition coefficient (Wildman–Crippen LogP) is 4.34. The summed E-state index contributed by atoms with van der Waals surface area (Å²) >= 11 is 0.863. The summed E-state index contributed by atoms with van der Waals surface area (Å²) in [5, 5.41) is 3.18. The average Bonchev–Trinajstić information content (AvgIpc) is 3.65. The molecule has 4 heterocycles. The van der Waals surface area contributed by atoms with Crippen molar-refractivity contribution in [3.05, 3.63) is 52.1 Å². The molecule has 2 atom stereocenters. The standard InChI is InChI=1S/C27H31F3N6O4S/c1-26(2,3)40-25(39)34-13-11-17(15-34)36-22(38)19-21(33-23(36)27(28,29)30)41-24(32-19)35-12-7-10-18(35)20(37)31-14-16-8-5-4-6-9-16/h4-6,8-9,17-18H,7,10-15H2,1-3H3,(H,31,37). The molecular formula is C27H31F3N6O4S. The van der Waals surface area contributed by atoms with Crippen LogP contribution in [0.2, 0.25) is 0 Å². The molecule has 0 radical (unpaired) electrons. The summed E-state index contributed by atoms with van der Waals surface area (Å²) in [7, 11) is 0. The third-order valence-corrected chi connectivity index (χ3v) is 7.99. The number of ether oxygens (including phenoxy) is 1. The fourth-order valence-corrected chi connectivity index (χ4v) is 6.16. The Morgan fingerprint density at radius 1 is 1.10 bits per heavy atom. The zero-order valence-corrected chi connectivity index (χ0v) is 23.7. The first-order valence-corrected chi connectivity index (χ1v) is 14.2. The van der Waals surface area contributed by atoms with Gasteiger partial charge in [-0.25, -0.2) is 14.8 Å². The highest BCUT2D eigenvalue weighted by atomic mass is 32.1. The molecule has 41 heavy (non-hydrogen) atoms. The highest BCUT2D eigenvalue weighted by Crippen LogP contribution is 2.36. The fourth-order valence-electron chi connectivity index (χ4n) is 5.15. The number of fused-ring (bicyclic) bond motifs is 1. The molecule has 1 N–H and O–H groups in total. The highest BCUT2D eigenvalue weighted by Gasteiger charge is 2.42. The lowest BCUT2D eigenvalue weighted by atomic mass is 10.2. The Morgan fingerprint density at radius 2 is 1.83 bits per heavy atom. The molecule has 0 spiro atoms. The van der Waals surface area contributed by atoms with Crippen LogP contribution in [0.3, 0.4) is 0 Å². The third-order valence-electron chi connectivity index (χ3n) is 7.00. The second kappa shape index (κ2) is 11.0. The van der Waals surface area contributed by atoms with Gasteiger partial charge in [0.2, 0.25) is 11.7 Å². The van der Waals surface area contributed by atoms with Crippen LogP contribution in [0.5, 0.6) is 0 Å². The summed E-state index contributed by atoms with van der Waals surface area (Å²) in [5.41, 5.74) is -0.951. The summed E-state index contributed by atoms with van der Waals surface area (Å²) in [5.74, 6) is -1.56. The van der Waals surface area contributed by atoms with Crippen LogP contribution in [0.4, 0.5) is 23.1 Å². The van der Waals surface area contributed by atoms with Crippen molar-refractivity contribution >= 4 is 38.8 Å². The molecule has 0 aliphatic carbocycles. The van der Waals surface area contributed by atoms with Crippen molar-refractivity contribution in [2.45, 2.75) is 70.4 Å². The normalized spacial score (nSPS) is 19.7. The molecule has 2 aliphatic heterocycles. The molecule has 0 saturated carbocycles. The van der Waals surface area contributed by atoms with Gasteiger partial charge in [0.25, 0.3) is 5.56 Å². The van der Waals surface area contributed by atoms with Gasteiger partial charge in [0, 0.05) is 26.2 Å². The first-order chi connectivity index (χ1) is 19.3. The summed E-state index contributed by atoms with van der Waals surface area (Å²) in [6.07, 6.45) is -4.21. The van der Waals surface area contributed by atoms with E-state index in [1.165, 1.54) is 4.90 Å². The number of hydrogen-bond acceptors (Lipinski definition) is 8. The number of halogens is 3. The van der Waals surface area contributed by atoms with E-state index >= 15 is 0 Å². The number of benzene rings is 1. The van der Waals surface area contributed by atoms with Gasteiger partial charge in [-0.2, -0.15) is 13.2 Å². The smallest absolute Gasteiger partial charge is 0.444 e. The Hall–Kier alpha value is -3.68. The second-order valence-electron chi connectivity index (χ2n) is 11.2. The molecule has 2 unspecified atom stereocenters. The molecule has 2 amide bonds. The number of carbonyl (C=O) groups is 2. The predicted molar refractivity (Wildman–Crippen MR) is 147 cm³/mol. The first kappa shape index (κ1) is 28.8. The SMILES string of the molecule is CC(C)(C)OC(=O)N1CCC(n2c(C(F)(F)F)nc3sc(N4CCCC4C(=O)NCc4ccccc4)nc3c2=O)C1. The Kier molecular flexibility index (Phi) is 7.70. The number of carbonyl (C=O) groups excluding carboxylic acids is 2. The number of anilines is 1. The van der Waals surface area contributed by atoms with Gasteiger partial charge >= 0.3 is 12.3 Å². The van der Waals surface area contributed by atoms with Crippen LogP contribution in [0.25, 0.3) is 10.3 Å². The molecular weight excluding hydrogens is 561 g/mol. The minimum atomic E-state index is -4.91. The quantitative estimate of drug-likeness (QED) is 0.470. The summed E-state index contributed by atoms with van der Waals surface area (Å²) in [6, 6.07) is 7.91. The summed E-state index contributed by atoms with van der Waals surface area (Å²) in [4.78, 5) is 50.2. The van der Waals surface area contributed by atoms with E-state index in [1.54, 1.807) is 25.7 Å². The number of likely N-dealkylation sites (tertiary alicyclic amines) is 1. The zero-order valence-electron chi connectivity index (χ0n) is 22.9. The van der Waals surface area contributed by atoms with Crippen molar-refractivity contribution < 1.29 is 27.5 Å². The lowest BCUT2D eigenvalue weighted by Gasteiger charge is -2.25. The average molecular weight is 593 g/mol. The number of nitrogens with one attached hydrogen (secondary N) is 1. The van der Waals surface area contributed by atoms with Gasteiger partial charge in [-0.1, -0.05) is 41.7 Å². The molecule has 2 fully saturated rings. The van der Waals surface area contributed by atoms with Gasteiger partial charge in [0.05, 0.1) is 6.04 Å². The van der Waals surface area contributed by atoms with Crippen molar-refractivity contribution in [2.75, 3.05) is 24.5 Å². The number of aromatic nitrogens is 3. The van der Waals surface area contributed by atoms with E-state index in [1.807, 2.05) is 30.3 Å². The topological polar surface area (TPSA) is 110 Å². The van der Waals surface area contributed by atoms with Crippen molar-refractivity contribution in [1.82, 2.24) is 24.8 Å². The molecule has 10 nitrogen and oxygen atoms in total. The molecule has 3 aromatic rings. The summed E-state index contributed by atoms with van der Waals surface area (Å²) < 4.78 is 48.5. The Balaban J connectivity index is 1.42. The molecule has 220 valence electrons. The van der Waals surface area contributed by atoms with Gasteiger partial charge in [-0.3, -0.25) is 14.2 Å². The van der Waals surface area contributed by atoms with E-state index in [2.05, 4.69) is 15.3 Å². The summed E-state index contributed by atoms with van der Waals surface area (Å²) in [6.45, 7) is 5.90. The van der Waals surface area contributed by atoms with Crippen LogP contribution >= 0.6 is 11.3 Å². The van der Waals surface area contributed by atoms with Gasteiger partial charge in [0.1, 0.15) is 11.6 Å². The number of hydrogen-bond donors (Lipinski definition) is 1. The van der Waals surface area contributed by atoms with Gasteiger partial charge in [-0.15, -0.1) is 0 Å². The van der Waals surface area contributed by atoms with Crippen LogP contribution in [0.1, 0.15) is 57.5 Å². The fraction of sp³-hybridized carbons (Fsp3) is 0.519. The van der Waals surface area contributed by atoms with Crippen molar-refractivity contribution in [3.8, 4) is 0 Å². The van der Waals surface area contributed by atoms with Crippen LogP contribution in [-0.4, -0.2) is 62.7 Å². The Morgan fingerprint density at radius 3 is 2.51 bits per heavy atom. The van der Waals surface area contributed by atoms with Crippen molar-refractivity contribution in [2.24, 2.45) is 0 Å². The number of alkyl halides is 3. The molecule has 1 aromatic carbocycles. The second-order valence-corrected chi connectivity index (χ2v) is 12.1. The van der Waals surface area contributed by atoms with E-state index in [9.17, 15) is 27.6 Å². The molecule has 5 rings (SSSR count). The van der Waals surface area contributed by atoms with Crippen LogP contribution in [0.15, 0.2) is 35.1 Å². The van der Waals surface area contributed by atoms with Crippen LogP contribution in [-0.2, 0) is 22.3 Å². The maximum Gasteiger partial charge on any atom is 0.449 e. The highest BCUT2D eigenvalue weighted by molar-refractivity contribution is 7.21. The molecule has 2 aromatic heterocycles. The van der Waals surface area contributed by atoms with Crippen LogP contribution < -0.4 is 15.8 Å². The van der Waals surface area contributed by atoms with E-state index in [0.717, 1.165) is 16.9 Å².